The summed E-state index contributed by atoms with van der Waals surface area (Å²) >= 11 is 0. The Morgan fingerprint density at radius 3 is 2.56 bits per heavy atom. The minimum absolute atomic E-state index is 0.158. The molecule has 6 nitrogen and oxygen atoms in total. The van der Waals surface area contributed by atoms with E-state index in [2.05, 4.69) is 26.9 Å². The molecular weight excluding hydrogens is 323 g/mol. The summed E-state index contributed by atoms with van der Waals surface area (Å²) in [5, 5.41) is 3.87. The van der Waals surface area contributed by atoms with Gasteiger partial charge in [0.05, 0.1) is 12.6 Å². The lowest BCUT2D eigenvalue weighted by Crippen LogP contribution is -2.47. The van der Waals surface area contributed by atoms with Gasteiger partial charge in [-0.3, -0.25) is 4.90 Å². The van der Waals surface area contributed by atoms with Crippen molar-refractivity contribution in [1.29, 1.82) is 0 Å². The quantitative estimate of drug-likeness (QED) is 0.717. The van der Waals surface area contributed by atoms with E-state index in [1.165, 1.54) is 12.1 Å². The zero-order valence-corrected chi connectivity index (χ0v) is 14.8. The van der Waals surface area contributed by atoms with Crippen molar-refractivity contribution in [3.63, 3.8) is 0 Å². The summed E-state index contributed by atoms with van der Waals surface area (Å²) in [6.45, 7) is 9.61. The lowest BCUT2D eigenvalue weighted by molar-refractivity contribution is 0.0852. The Morgan fingerprint density at radius 2 is 1.92 bits per heavy atom. The highest BCUT2D eigenvalue weighted by Gasteiger charge is 2.25. The lowest BCUT2D eigenvalue weighted by atomic mass is 10.2. The van der Waals surface area contributed by atoms with Crippen LogP contribution in [-0.2, 0) is 0 Å². The van der Waals surface area contributed by atoms with Crippen molar-refractivity contribution >= 4 is 0 Å². The van der Waals surface area contributed by atoms with Crippen LogP contribution in [0.3, 0.4) is 0 Å². The standard InChI is InChI=1S/C18H25FN4O2/c1-14(18-20-15(2)21-25-18)23-11-9-22(10-12-23)8-3-13-24-17-6-4-16(19)5-7-17/h4-7,14H,3,8-13H2,1-2H3. The fourth-order valence-electron chi connectivity index (χ4n) is 3.02. The first-order valence-corrected chi connectivity index (χ1v) is 8.77. The van der Waals surface area contributed by atoms with Crippen LogP contribution in [0.25, 0.3) is 0 Å². The lowest BCUT2D eigenvalue weighted by Gasteiger charge is -2.36. The number of aromatic nitrogens is 2. The second kappa shape index (κ2) is 8.40. The van der Waals surface area contributed by atoms with Crippen molar-refractivity contribution in [3.8, 4) is 5.75 Å². The number of aryl methyl sites for hydroxylation is 1. The van der Waals surface area contributed by atoms with Crippen LogP contribution in [0.2, 0.25) is 0 Å². The van der Waals surface area contributed by atoms with E-state index in [1.54, 1.807) is 12.1 Å². The summed E-state index contributed by atoms with van der Waals surface area (Å²) in [5.41, 5.74) is 0. The highest BCUT2D eigenvalue weighted by molar-refractivity contribution is 5.21. The van der Waals surface area contributed by atoms with E-state index in [-0.39, 0.29) is 11.9 Å². The molecular formula is C18H25FN4O2. The molecule has 1 aromatic carbocycles. The molecule has 0 aliphatic carbocycles. The van der Waals surface area contributed by atoms with Gasteiger partial charge in [0, 0.05) is 32.7 Å². The Morgan fingerprint density at radius 1 is 1.20 bits per heavy atom. The van der Waals surface area contributed by atoms with Crippen molar-refractivity contribution in [1.82, 2.24) is 19.9 Å². The van der Waals surface area contributed by atoms with E-state index in [4.69, 9.17) is 9.26 Å². The first kappa shape index (κ1) is 17.8. The molecule has 1 atom stereocenters. The Hall–Kier alpha value is -1.99. The Labute approximate surface area is 147 Å². The largest absolute Gasteiger partial charge is 0.494 e. The average molecular weight is 348 g/mol. The number of piperazine rings is 1. The molecule has 0 amide bonds. The fourth-order valence-corrected chi connectivity index (χ4v) is 3.02. The van der Waals surface area contributed by atoms with Gasteiger partial charge >= 0.3 is 0 Å². The summed E-state index contributed by atoms with van der Waals surface area (Å²) in [7, 11) is 0. The van der Waals surface area contributed by atoms with Crippen molar-refractivity contribution in [2.75, 3.05) is 39.3 Å². The first-order chi connectivity index (χ1) is 12.1. The number of rotatable bonds is 7. The van der Waals surface area contributed by atoms with Gasteiger partial charge in [-0.15, -0.1) is 0 Å². The summed E-state index contributed by atoms with van der Waals surface area (Å²) in [4.78, 5) is 9.14. The molecule has 1 aromatic heterocycles. The summed E-state index contributed by atoms with van der Waals surface area (Å²) < 4.78 is 23.8. The summed E-state index contributed by atoms with van der Waals surface area (Å²) in [6, 6.07) is 6.31. The zero-order valence-electron chi connectivity index (χ0n) is 14.8. The van der Waals surface area contributed by atoms with Crippen LogP contribution in [0.1, 0.15) is 31.1 Å². The van der Waals surface area contributed by atoms with E-state index < -0.39 is 0 Å². The topological polar surface area (TPSA) is 54.6 Å². The number of nitrogens with zero attached hydrogens (tertiary/aromatic N) is 4. The molecule has 3 rings (SSSR count). The molecule has 1 unspecified atom stereocenters. The van der Waals surface area contributed by atoms with E-state index in [1.807, 2.05) is 6.92 Å². The predicted molar refractivity (Wildman–Crippen MR) is 92.0 cm³/mol. The fraction of sp³-hybridized carbons (Fsp3) is 0.556. The van der Waals surface area contributed by atoms with Gasteiger partial charge in [0.2, 0.25) is 5.89 Å². The Kier molecular flexibility index (Phi) is 5.99. The van der Waals surface area contributed by atoms with Gasteiger partial charge in [-0.05, 0) is 44.5 Å². The SMILES string of the molecule is Cc1noc(C(C)N2CCN(CCCOc3ccc(F)cc3)CC2)n1. The third-order valence-corrected chi connectivity index (χ3v) is 4.56. The van der Waals surface area contributed by atoms with Gasteiger partial charge < -0.3 is 14.2 Å². The summed E-state index contributed by atoms with van der Waals surface area (Å²) in [5.74, 6) is 1.85. The highest BCUT2D eigenvalue weighted by Crippen LogP contribution is 2.20. The molecule has 0 radical (unpaired) electrons. The molecule has 2 heterocycles. The van der Waals surface area contributed by atoms with E-state index >= 15 is 0 Å². The van der Waals surface area contributed by atoms with Crippen LogP contribution in [0, 0.1) is 12.7 Å². The molecule has 2 aromatic rings. The maximum absolute atomic E-state index is 12.8. The Bertz CT molecular complexity index is 653. The van der Waals surface area contributed by atoms with Crippen LogP contribution in [0.4, 0.5) is 4.39 Å². The van der Waals surface area contributed by atoms with Crippen molar-refractivity contribution in [2.24, 2.45) is 0 Å². The number of hydrogen-bond acceptors (Lipinski definition) is 6. The number of halogens is 1. The van der Waals surface area contributed by atoms with Crippen LogP contribution < -0.4 is 4.74 Å². The van der Waals surface area contributed by atoms with Crippen LogP contribution in [0.5, 0.6) is 5.75 Å². The maximum atomic E-state index is 12.8. The van der Waals surface area contributed by atoms with Gasteiger partial charge in [-0.1, -0.05) is 5.16 Å². The molecule has 136 valence electrons. The van der Waals surface area contributed by atoms with Crippen molar-refractivity contribution in [2.45, 2.75) is 26.3 Å². The smallest absolute Gasteiger partial charge is 0.243 e. The molecule has 25 heavy (non-hydrogen) atoms. The minimum Gasteiger partial charge on any atom is -0.494 e. The minimum atomic E-state index is -0.241. The molecule has 0 N–H and O–H groups in total. The van der Waals surface area contributed by atoms with Crippen molar-refractivity contribution in [3.05, 3.63) is 41.8 Å². The molecule has 1 aliphatic rings. The molecule has 1 aliphatic heterocycles. The first-order valence-electron chi connectivity index (χ1n) is 8.77. The normalized spacial score (nSPS) is 17.6. The van der Waals surface area contributed by atoms with Gasteiger partial charge in [0.25, 0.3) is 0 Å². The number of benzene rings is 1. The van der Waals surface area contributed by atoms with Gasteiger partial charge in [0.1, 0.15) is 11.6 Å². The van der Waals surface area contributed by atoms with Crippen LogP contribution >= 0.6 is 0 Å². The molecule has 1 saturated heterocycles. The van der Waals surface area contributed by atoms with Gasteiger partial charge in [-0.2, -0.15) is 4.98 Å². The van der Waals surface area contributed by atoms with Gasteiger partial charge in [0.15, 0.2) is 5.82 Å². The molecule has 1 fully saturated rings. The zero-order chi connectivity index (χ0) is 17.6. The molecule has 7 heteroatoms. The third kappa shape index (κ3) is 4.99. The van der Waals surface area contributed by atoms with Gasteiger partial charge in [-0.25, -0.2) is 4.39 Å². The van der Waals surface area contributed by atoms with E-state index in [0.717, 1.165) is 44.9 Å². The highest BCUT2D eigenvalue weighted by atomic mass is 19.1. The van der Waals surface area contributed by atoms with Crippen LogP contribution in [-0.4, -0.2) is 59.3 Å². The number of ether oxygens (including phenoxy) is 1. The van der Waals surface area contributed by atoms with E-state index in [0.29, 0.717) is 18.3 Å². The molecule has 0 bridgehead atoms. The second-order valence-electron chi connectivity index (χ2n) is 6.39. The van der Waals surface area contributed by atoms with Crippen molar-refractivity contribution < 1.29 is 13.7 Å². The monoisotopic (exact) mass is 348 g/mol. The number of hydrogen-bond donors (Lipinski definition) is 0. The Balaban J connectivity index is 1.34. The maximum Gasteiger partial charge on any atom is 0.243 e. The second-order valence-corrected chi connectivity index (χ2v) is 6.39. The molecule has 0 spiro atoms. The third-order valence-electron chi connectivity index (χ3n) is 4.56. The van der Waals surface area contributed by atoms with Crippen LogP contribution in [0.15, 0.2) is 28.8 Å². The average Bonchev–Trinajstić information content (AvgIpc) is 3.06. The predicted octanol–water partition coefficient (Wildman–Crippen LogP) is 2.66. The molecule has 0 saturated carbocycles. The van der Waals surface area contributed by atoms with E-state index in [9.17, 15) is 4.39 Å². The summed E-state index contributed by atoms with van der Waals surface area (Å²) in [6.07, 6.45) is 0.954.